The van der Waals surface area contributed by atoms with Crippen LogP contribution in [0.3, 0.4) is 0 Å². The summed E-state index contributed by atoms with van der Waals surface area (Å²) in [5, 5.41) is 0. The van der Waals surface area contributed by atoms with Crippen LogP contribution >= 0.6 is 11.6 Å². The van der Waals surface area contributed by atoms with Gasteiger partial charge >= 0.3 is 6.18 Å². The number of rotatable bonds is 2. The van der Waals surface area contributed by atoms with Crippen LogP contribution in [0.5, 0.6) is 0 Å². The van der Waals surface area contributed by atoms with Crippen LogP contribution in [-0.2, 0) is 12.1 Å². The molecule has 0 unspecified atom stereocenters. The van der Waals surface area contributed by atoms with Crippen molar-refractivity contribution in [2.75, 3.05) is 0 Å². The minimum Gasteiger partial charge on any atom is -0.207 e. The Morgan fingerprint density at radius 2 is 1.74 bits per heavy atom. The molecule has 0 aromatic heterocycles. The molecule has 0 heterocycles. The Morgan fingerprint density at radius 1 is 1.00 bits per heavy atom. The molecule has 100 valence electrons. The summed E-state index contributed by atoms with van der Waals surface area (Å²) in [4.78, 5) is 0. The molecule has 0 amide bonds. The molecular formula is C14H9ClF4. The van der Waals surface area contributed by atoms with Crippen LogP contribution in [0, 0.1) is 5.82 Å². The Hall–Kier alpha value is -1.55. The first kappa shape index (κ1) is 13.9. The predicted molar refractivity (Wildman–Crippen MR) is 66.4 cm³/mol. The highest BCUT2D eigenvalue weighted by atomic mass is 35.5. The van der Waals surface area contributed by atoms with E-state index in [1.165, 1.54) is 24.3 Å². The van der Waals surface area contributed by atoms with Crippen LogP contribution in [0.25, 0.3) is 11.1 Å². The van der Waals surface area contributed by atoms with Crippen molar-refractivity contribution < 1.29 is 17.6 Å². The molecule has 0 saturated carbocycles. The van der Waals surface area contributed by atoms with Gasteiger partial charge in [-0.2, -0.15) is 13.2 Å². The van der Waals surface area contributed by atoms with Gasteiger partial charge in [0, 0.05) is 5.88 Å². The van der Waals surface area contributed by atoms with E-state index in [2.05, 4.69) is 0 Å². The number of hydrogen-bond donors (Lipinski definition) is 0. The third-order valence-electron chi connectivity index (χ3n) is 2.71. The third-order valence-corrected chi connectivity index (χ3v) is 3.00. The first-order valence-electron chi connectivity index (χ1n) is 5.44. The fraction of sp³-hybridized carbons (Fsp3) is 0.143. The van der Waals surface area contributed by atoms with Crippen LogP contribution in [0.4, 0.5) is 17.6 Å². The van der Waals surface area contributed by atoms with Crippen molar-refractivity contribution in [3.05, 3.63) is 59.4 Å². The van der Waals surface area contributed by atoms with Crippen molar-refractivity contribution in [1.29, 1.82) is 0 Å². The maximum atomic E-state index is 13.1. The zero-order chi connectivity index (χ0) is 14.0. The average molecular weight is 289 g/mol. The molecule has 19 heavy (non-hydrogen) atoms. The first-order valence-corrected chi connectivity index (χ1v) is 5.97. The van der Waals surface area contributed by atoms with Crippen LogP contribution in [0.1, 0.15) is 11.1 Å². The van der Waals surface area contributed by atoms with Gasteiger partial charge < -0.3 is 0 Å². The van der Waals surface area contributed by atoms with Crippen molar-refractivity contribution in [1.82, 2.24) is 0 Å². The molecule has 0 spiro atoms. The van der Waals surface area contributed by atoms with E-state index in [0.29, 0.717) is 16.7 Å². The van der Waals surface area contributed by atoms with Crippen molar-refractivity contribution in [3.63, 3.8) is 0 Å². The van der Waals surface area contributed by atoms with Crippen molar-refractivity contribution in [3.8, 4) is 11.1 Å². The molecule has 2 rings (SSSR count). The Morgan fingerprint density at radius 3 is 2.32 bits per heavy atom. The van der Waals surface area contributed by atoms with Gasteiger partial charge in [-0.1, -0.05) is 18.2 Å². The largest absolute Gasteiger partial charge is 0.416 e. The first-order chi connectivity index (χ1) is 8.91. The topological polar surface area (TPSA) is 0 Å². The molecular weight excluding hydrogens is 280 g/mol. The van der Waals surface area contributed by atoms with Gasteiger partial charge in [0.2, 0.25) is 0 Å². The highest BCUT2D eigenvalue weighted by Gasteiger charge is 2.30. The molecule has 0 aliphatic heterocycles. The highest BCUT2D eigenvalue weighted by molar-refractivity contribution is 6.17. The van der Waals surface area contributed by atoms with E-state index in [9.17, 15) is 17.6 Å². The van der Waals surface area contributed by atoms with Gasteiger partial charge in [-0.25, -0.2) is 4.39 Å². The second-order valence-corrected chi connectivity index (χ2v) is 4.28. The molecule has 0 aliphatic carbocycles. The number of benzene rings is 2. The summed E-state index contributed by atoms with van der Waals surface area (Å²) in [7, 11) is 0. The zero-order valence-electron chi connectivity index (χ0n) is 9.64. The molecule has 5 heteroatoms. The van der Waals surface area contributed by atoms with Crippen molar-refractivity contribution >= 4 is 11.6 Å². The predicted octanol–water partition coefficient (Wildman–Crippen LogP) is 5.25. The summed E-state index contributed by atoms with van der Waals surface area (Å²) in [6, 6.07) is 8.94. The summed E-state index contributed by atoms with van der Waals surface area (Å²) in [5.41, 5.74) is 0.567. The quantitative estimate of drug-likeness (QED) is 0.523. The SMILES string of the molecule is Fc1cccc(-c2ccc(C(F)(F)F)cc2CCl)c1. The van der Waals surface area contributed by atoms with E-state index < -0.39 is 17.6 Å². The summed E-state index contributed by atoms with van der Waals surface area (Å²) < 4.78 is 50.9. The minimum absolute atomic E-state index is 0.0736. The fourth-order valence-electron chi connectivity index (χ4n) is 1.82. The van der Waals surface area contributed by atoms with Crippen LogP contribution in [0.2, 0.25) is 0 Å². The van der Waals surface area contributed by atoms with Crippen molar-refractivity contribution in [2.45, 2.75) is 12.1 Å². The smallest absolute Gasteiger partial charge is 0.207 e. The molecule has 2 aromatic rings. The van der Waals surface area contributed by atoms with Gasteiger partial charge in [-0.3, -0.25) is 0 Å². The Labute approximate surface area is 112 Å². The Kier molecular flexibility index (Phi) is 3.80. The van der Waals surface area contributed by atoms with E-state index in [-0.39, 0.29) is 5.88 Å². The monoisotopic (exact) mass is 288 g/mol. The normalized spacial score (nSPS) is 11.6. The molecule has 0 radical (unpaired) electrons. The fourth-order valence-corrected chi connectivity index (χ4v) is 2.04. The minimum atomic E-state index is -4.42. The van der Waals surface area contributed by atoms with E-state index in [1.807, 2.05) is 0 Å². The van der Waals surface area contributed by atoms with E-state index in [1.54, 1.807) is 6.07 Å². The third kappa shape index (κ3) is 3.07. The molecule has 0 aliphatic rings. The Balaban J connectivity index is 2.53. The molecule has 0 N–H and O–H groups in total. The van der Waals surface area contributed by atoms with Crippen LogP contribution in [-0.4, -0.2) is 0 Å². The van der Waals surface area contributed by atoms with Gasteiger partial charge in [0.25, 0.3) is 0 Å². The lowest BCUT2D eigenvalue weighted by atomic mass is 9.98. The molecule has 0 fully saturated rings. The second kappa shape index (κ2) is 5.21. The number of halogens is 5. The molecule has 0 bridgehead atoms. The lowest BCUT2D eigenvalue weighted by Gasteiger charge is -2.12. The lowest BCUT2D eigenvalue weighted by Crippen LogP contribution is -2.05. The van der Waals surface area contributed by atoms with Gasteiger partial charge in [0.1, 0.15) is 5.82 Å². The molecule has 0 atom stereocenters. The summed E-state index contributed by atoms with van der Waals surface area (Å²) in [6.45, 7) is 0. The molecule has 2 aromatic carbocycles. The zero-order valence-corrected chi connectivity index (χ0v) is 10.4. The van der Waals surface area contributed by atoms with Gasteiger partial charge in [0.05, 0.1) is 5.56 Å². The maximum Gasteiger partial charge on any atom is 0.416 e. The van der Waals surface area contributed by atoms with E-state index in [4.69, 9.17) is 11.6 Å². The number of hydrogen-bond acceptors (Lipinski definition) is 0. The van der Waals surface area contributed by atoms with Gasteiger partial charge in [0.15, 0.2) is 0 Å². The standard InChI is InChI=1S/C14H9ClF4/c15-8-10-6-11(14(17,18)19)4-5-13(10)9-2-1-3-12(16)7-9/h1-7H,8H2. The summed E-state index contributed by atoms with van der Waals surface area (Å²) in [6.07, 6.45) is -4.42. The second-order valence-electron chi connectivity index (χ2n) is 4.01. The van der Waals surface area contributed by atoms with Gasteiger partial charge in [-0.05, 0) is 41.0 Å². The summed E-state index contributed by atoms with van der Waals surface area (Å²) in [5.74, 6) is -0.520. The van der Waals surface area contributed by atoms with Gasteiger partial charge in [-0.15, -0.1) is 11.6 Å². The molecule has 0 saturated heterocycles. The van der Waals surface area contributed by atoms with Crippen molar-refractivity contribution in [2.24, 2.45) is 0 Å². The van der Waals surface area contributed by atoms with E-state index in [0.717, 1.165) is 12.1 Å². The number of alkyl halides is 4. The maximum absolute atomic E-state index is 13.1. The van der Waals surface area contributed by atoms with Crippen LogP contribution in [0.15, 0.2) is 42.5 Å². The molecule has 0 nitrogen and oxygen atoms in total. The lowest BCUT2D eigenvalue weighted by molar-refractivity contribution is -0.137. The summed E-state index contributed by atoms with van der Waals surface area (Å²) >= 11 is 5.68. The Bertz CT molecular complexity index is 590. The van der Waals surface area contributed by atoms with Crippen LogP contribution < -0.4 is 0 Å². The van der Waals surface area contributed by atoms with E-state index >= 15 is 0 Å². The average Bonchev–Trinajstić information content (AvgIpc) is 2.37. The highest BCUT2D eigenvalue weighted by Crippen LogP contribution is 2.34.